The lowest BCUT2D eigenvalue weighted by Gasteiger charge is -2.18. The Morgan fingerprint density at radius 3 is 2.93 bits per heavy atom. The van der Waals surface area contributed by atoms with Crippen LogP contribution in [-0.2, 0) is 0 Å². The number of imidazole rings is 1. The molecular weight excluding hydrogens is 174 g/mol. The smallest absolute Gasteiger partial charge is 0.0951 e. The number of nitrogens with two attached hydrogens (primary N) is 1. The highest BCUT2D eigenvalue weighted by molar-refractivity contribution is 5.09. The van der Waals surface area contributed by atoms with E-state index >= 15 is 0 Å². The van der Waals surface area contributed by atoms with Gasteiger partial charge in [-0.1, -0.05) is 19.1 Å². The lowest BCUT2D eigenvalue weighted by Crippen LogP contribution is -2.16. The molecule has 0 spiro atoms. The SMILES string of the molecule is CC[C@@H](N)c1cncn1C1CC=CC1. The first-order valence-corrected chi connectivity index (χ1v) is 5.25. The van der Waals surface area contributed by atoms with E-state index in [-0.39, 0.29) is 6.04 Å². The predicted molar refractivity (Wildman–Crippen MR) is 56.9 cm³/mol. The van der Waals surface area contributed by atoms with E-state index in [1.165, 1.54) is 5.69 Å². The van der Waals surface area contributed by atoms with Crippen LogP contribution in [0.3, 0.4) is 0 Å². The van der Waals surface area contributed by atoms with Gasteiger partial charge in [-0.05, 0) is 19.3 Å². The monoisotopic (exact) mass is 191 g/mol. The van der Waals surface area contributed by atoms with Crippen LogP contribution in [0.25, 0.3) is 0 Å². The highest BCUT2D eigenvalue weighted by Crippen LogP contribution is 2.27. The zero-order valence-electron chi connectivity index (χ0n) is 8.56. The third-order valence-electron chi connectivity index (χ3n) is 2.89. The fourth-order valence-corrected chi connectivity index (χ4v) is 1.95. The largest absolute Gasteiger partial charge is 0.329 e. The zero-order valence-corrected chi connectivity index (χ0v) is 8.56. The van der Waals surface area contributed by atoms with Crippen LogP contribution in [-0.4, -0.2) is 9.55 Å². The number of hydrogen-bond acceptors (Lipinski definition) is 2. The van der Waals surface area contributed by atoms with E-state index in [4.69, 9.17) is 5.73 Å². The number of nitrogens with zero attached hydrogens (tertiary/aromatic N) is 2. The van der Waals surface area contributed by atoms with Crippen LogP contribution in [0, 0.1) is 0 Å². The molecule has 1 heterocycles. The van der Waals surface area contributed by atoms with Crippen molar-refractivity contribution in [2.75, 3.05) is 0 Å². The van der Waals surface area contributed by atoms with Crippen LogP contribution in [0.1, 0.15) is 44.0 Å². The molecule has 2 rings (SSSR count). The Bertz CT molecular complexity index is 319. The maximum Gasteiger partial charge on any atom is 0.0951 e. The van der Waals surface area contributed by atoms with Crippen LogP contribution >= 0.6 is 0 Å². The Morgan fingerprint density at radius 1 is 1.57 bits per heavy atom. The highest BCUT2D eigenvalue weighted by Gasteiger charge is 2.17. The Hall–Kier alpha value is -1.09. The van der Waals surface area contributed by atoms with Crippen molar-refractivity contribution in [2.24, 2.45) is 5.73 Å². The van der Waals surface area contributed by atoms with Crippen LogP contribution < -0.4 is 5.73 Å². The topological polar surface area (TPSA) is 43.8 Å². The average Bonchev–Trinajstić information content (AvgIpc) is 2.85. The second kappa shape index (κ2) is 3.96. The van der Waals surface area contributed by atoms with Gasteiger partial charge in [-0.15, -0.1) is 0 Å². The van der Waals surface area contributed by atoms with Crippen molar-refractivity contribution in [3.63, 3.8) is 0 Å². The number of aromatic nitrogens is 2. The molecule has 0 aromatic carbocycles. The maximum absolute atomic E-state index is 6.03. The minimum atomic E-state index is 0.123. The maximum atomic E-state index is 6.03. The molecule has 2 N–H and O–H groups in total. The van der Waals surface area contributed by atoms with Crippen molar-refractivity contribution < 1.29 is 0 Å². The number of rotatable bonds is 3. The van der Waals surface area contributed by atoms with Gasteiger partial charge >= 0.3 is 0 Å². The predicted octanol–water partition coefficient (Wildman–Crippen LogP) is 2.18. The van der Waals surface area contributed by atoms with Gasteiger partial charge in [0.25, 0.3) is 0 Å². The molecule has 1 aromatic rings. The van der Waals surface area contributed by atoms with Gasteiger partial charge in [0.2, 0.25) is 0 Å². The van der Waals surface area contributed by atoms with Crippen molar-refractivity contribution in [3.8, 4) is 0 Å². The van der Waals surface area contributed by atoms with E-state index in [2.05, 4.69) is 28.6 Å². The molecule has 0 fully saturated rings. The third-order valence-corrected chi connectivity index (χ3v) is 2.89. The van der Waals surface area contributed by atoms with Gasteiger partial charge in [0, 0.05) is 18.3 Å². The van der Waals surface area contributed by atoms with Gasteiger partial charge in [0.15, 0.2) is 0 Å². The molecule has 0 radical (unpaired) electrons. The molecule has 14 heavy (non-hydrogen) atoms. The Morgan fingerprint density at radius 2 is 2.29 bits per heavy atom. The molecule has 0 aliphatic heterocycles. The summed E-state index contributed by atoms with van der Waals surface area (Å²) in [6.07, 6.45) is 11.4. The Balaban J connectivity index is 2.20. The van der Waals surface area contributed by atoms with Crippen molar-refractivity contribution in [3.05, 3.63) is 30.4 Å². The van der Waals surface area contributed by atoms with Crippen molar-refractivity contribution in [1.82, 2.24) is 9.55 Å². The van der Waals surface area contributed by atoms with Crippen molar-refractivity contribution in [2.45, 2.75) is 38.3 Å². The first-order chi connectivity index (χ1) is 6.83. The molecule has 0 saturated heterocycles. The van der Waals surface area contributed by atoms with E-state index in [9.17, 15) is 0 Å². The normalized spacial score (nSPS) is 19.0. The summed E-state index contributed by atoms with van der Waals surface area (Å²) < 4.78 is 2.23. The van der Waals surface area contributed by atoms with E-state index in [0.29, 0.717) is 6.04 Å². The molecule has 3 nitrogen and oxygen atoms in total. The van der Waals surface area contributed by atoms with Crippen LogP contribution in [0.5, 0.6) is 0 Å². The first-order valence-electron chi connectivity index (χ1n) is 5.25. The van der Waals surface area contributed by atoms with Crippen LogP contribution in [0.2, 0.25) is 0 Å². The van der Waals surface area contributed by atoms with Crippen molar-refractivity contribution >= 4 is 0 Å². The van der Waals surface area contributed by atoms with Gasteiger partial charge in [-0.25, -0.2) is 4.98 Å². The van der Waals surface area contributed by atoms with Gasteiger partial charge in [-0.3, -0.25) is 0 Å². The zero-order chi connectivity index (χ0) is 9.97. The molecular formula is C11H17N3. The summed E-state index contributed by atoms with van der Waals surface area (Å²) in [7, 11) is 0. The summed E-state index contributed by atoms with van der Waals surface area (Å²) in [5.74, 6) is 0. The van der Waals surface area contributed by atoms with Crippen LogP contribution in [0.4, 0.5) is 0 Å². The second-order valence-electron chi connectivity index (χ2n) is 3.84. The highest BCUT2D eigenvalue weighted by atomic mass is 15.1. The van der Waals surface area contributed by atoms with Gasteiger partial charge < -0.3 is 10.3 Å². The molecule has 0 saturated carbocycles. The fraction of sp³-hybridized carbons (Fsp3) is 0.545. The van der Waals surface area contributed by atoms with E-state index in [0.717, 1.165) is 19.3 Å². The van der Waals surface area contributed by atoms with E-state index in [1.54, 1.807) is 0 Å². The molecule has 1 atom stereocenters. The van der Waals surface area contributed by atoms with Crippen molar-refractivity contribution in [1.29, 1.82) is 0 Å². The molecule has 0 bridgehead atoms. The number of allylic oxidation sites excluding steroid dienone is 2. The summed E-state index contributed by atoms with van der Waals surface area (Å²) in [6, 6.07) is 0.670. The lowest BCUT2D eigenvalue weighted by molar-refractivity contribution is 0.492. The lowest BCUT2D eigenvalue weighted by atomic mass is 10.1. The molecule has 1 aliphatic carbocycles. The first kappa shape index (κ1) is 9.46. The minimum Gasteiger partial charge on any atom is -0.329 e. The summed E-state index contributed by atoms with van der Waals surface area (Å²) in [5, 5.41) is 0. The van der Waals surface area contributed by atoms with Gasteiger partial charge in [-0.2, -0.15) is 0 Å². The Labute approximate surface area is 84.6 Å². The summed E-state index contributed by atoms with van der Waals surface area (Å²) in [6.45, 7) is 2.11. The molecule has 1 aliphatic rings. The summed E-state index contributed by atoms with van der Waals surface area (Å²) in [5.41, 5.74) is 7.19. The number of hydrogen-bond donors (Lipinski definition) is 1. The second-order valence-corrected chi connectivity index (χ2v) is 3.84. The van der Waals surface area contributed by atoms with Crippen LogP contribution in [0.15, 0.2) is 24.7 Å². The minimum absolute atomic E-state index is 0.123. The molecule has 0 unspecified atom stereocenters. The standard InChI is InChI=1S/C11H17N3/c1-2-10(12)11-7-13-8-14(11)9-5-3-4-6-9/h3-4,7-10H,2,5-6,12H2,1H3/t10-/m1/s1. The third kappa shape index (κ3) is 1.60. The molecule has 3 heteroatoms. The molecule has 76 valence electrons. The fourth-order valence-electron chi connectivity index (χ4n) is 1.95. The molecule has 0 amide bonds. The van der Waals surface area contributed by atoms with E-state index in [1.807, 2.05) is 12.5 Å². The van der Waals surface area contributed by atoms with E-state index < -0.39 is 0 Å². The molecule has 1 aromatic heterocycles. The summed E-state index contributed by atoms with van der Waals surface area (Å²) in [4.78, 5) is 4.19. The summed E-state index contributed by atoms with van der Waals surface area (Å²) >= 11 is 0. The Kier molecular flexibility index (Phi) is 2.68. The van der Waals surface area contributed by atoms with Gasteiger partial charge in [0.05, 0.1) is 12.0 Å². The quantitative estimate of drug-likeness (QED) is 0.744. The average molecular weight is 191 g/mol. The van der Waals surface area contributed by atoms with Gasteiger partial charge in [0.1, 0.15) is 0 Å².